The number of hydrogen-bond donors (Lipinski definition) is 2. The molecule has 0 amide bonds. The van der Waals surface area contributed by atoms with E-state index in [9.17, 15) is 17.9 Å². The third-order valence-corrected chi connectivity index (χ3v) is 4.56. The summed E-state index contributed by atoms with van der Waals surface area (Å²) in [6.45, 7) is 0.0901. The molecule has 2 rings (SSSR count). The van der Waals surface area contributed by atoms with Crippen LogP contribution in [0.1, 0.15) is 23.7 Å². The van der Waals surface area contributed by atoms with E-state index in [-0.39, 0.29) is 18.5 Å². The van der Waals surface area contributed by atoms with Crippen LogP contribution in [0.25, 0.3) is 0 Å². The van der Waals surface area contributed by atoms with E-state index in [4.69, 9.17) is 0 Å². The predicted octanol–water partition coefficient (Wildman–Crippen LogP) is 2.37. The minimum atomic E-state index is -3.64. The van der Waals surface area contributed by atoms with E-state index in [1.165, 1.54) is 18.2 Å². The van der Waals surface area contributed by atoms with Crippen LogP contribution in [-0.4, -0.2) is 20.1 Å². The molecule has 0 aliphatic heterocycles. The SMILES string of the molecule is O=S(=O)(Cc1ccccc1F)NCC[C@@H](O)c1ccccc1. The summed E-state index contributed by atoms with van der Waals surface area (Å²) in [5, 5.41) is 9.96. The third-order valence-electron chi connectivity index (χ3n) is 3.23. The molecule has 118 valence electrons. The molecule has 6 heteroatoms. The van der Waals surface area contributed by atoms with Crippen molar-refractivity contribution in [2.45, 2.75) is 18.3 Å². The average molecular weight is 323 g/mol. The number of rotatable bonds is 7. The Labute approximate surface area is 129 Å². The van der Waals surface area contributed by atoms with Crippen LogP contribution >= 0.6 is 0 Å². The van der Waals surface area contributed by atoms with Gasteiger partial charge in [-0.25, -0.2) is 17.5 Å². The van der Waals surface area contributed by atoms with E-state index in [2.05, 4.69) is 4.72 Å². The molecule has 22 heavy (non-hydrogen) atoms. The van der Waals surface area contributed by atoms with Crippen molar-refractivity contribution in [3.8, 4) is 0 Å². The standard InChI is InChI=1S/C16H18FNO3S/c17-15-9-5-4-8-14(15)12-22(20,21)18-11-10-16(19)13-6-2-1-3-7-13/h1-9,16,18-19H,10-12H2/t16-/m1/s1. The molecule has 0 aromatic heterocycles. The first-order valence-corrected chi connectivity index (χ1v) is 8.57. The van der Waals surface area contributed by atoms with Crippen molar-refractivity contribution in [2.24, 2.45) is 0 Å². The summed E-state index contributed by atoms with van der Waals surface area (Å²) in [7, 11) is -3.64. The number of aliphatic hydroxyl groups is 1. The van der Waals surface area contributed by atoms with Gasteiger partial charge in [-0.2, -0.15) is 0 Å². The third kappa shape index (κ3) is 4.91. The highest BCUT2D eigenvalue weighted by atomic mass is 32.2. The molecule has 2 aromatic carbocycles. The molecule has 2 N–H and O–H groups in total. The molecule has 0 saturated heterocycles. The molecule has 0 fully saturated rings. The van der Waals surface area contributed by atoms with Gasteiger partial charge in [0.25, 0.3) is 0 Å². The van der Waals surface area contributed by atoms with Crippen LogP contribution in [0.4, 0.5) is 4.39 Å². The first-order valence-electron chi connectivity index (χ1n) is 6.92. The van der Waals surface area contributed by atoms with E-state index in [1.807, 2.05) is 6.07 Å². The van der Waals surface area contributed by atoms with Gasteiger partial charge in [0, 0.05) is 12.1 Å². The summed E-state index contributed by atoms with van der Waals surface area (Å²) < 4.78 is 39.7. The van der Waals surface area contributed by atoms with Gasteiger partial charge in [-0.1, -0.05) is 48.5 Å². The molecule has 4 nitrogen and oxygen atoms in total. The molecule has 0 radical (unpaired) electrons. The molecule has 0 heterocycles. The average Bonchev–Trinajstić information content (AvgIpc) is 2.50. The molecule has 0 bridgehead atoms. The second-order valence-corrected chi connectivity index (χ2v) is 6.77. The number of sulfonamides is 1. The highest BCUT2D eigenvalue weighted by Gasteiger charge is 2.15. The van der Waals surface area contributed by atoms with Gasteiger partial charge >= 0.3 is 0 Å². The molecule has 2 aromatic rings. The number of aliphatic hydroxyl groups excluding tert-OH is 1. The van der Waals surface area contributed by atoms with Crippen molar-refractivity contribution in [3.05, 3.63) is 71.5 Å². The van der Waals surface area contributed by atoms with E-state index >= 15 is 0 Å². The fourth-order valence-electron chi connectivity index (χ4n) is 2.06. The smallest absolute Gasteiger partial charge is 0.215 e. The maximum Gasteiger partial charge on any atom is 0.215 e. The van der Waals surface area contributed by atoms with Crippen LogP contribution < -0.4 is 4.72 Å². The minimum absolute atomic E-state index is 0.0901. The Hall–Kier alpha value is -1.76. The van der Waals surface area contributed by atoms with Crippen molar-refractivity contribution >= 4 is 10.0 Å². The maximum absolute atomic E-state index is 13.5. The number of nitrogens with one attached hydrogen (secondary N) is 1. The van der Waals surface area contributed by atoms with E-state index in [1.54, 1.807) is 30.3 Å². The van der Waals surface area contributed by atoms with Gasteiger partial charge in [0.15, 0.2) is 0 Å². The van der Waals surface area contributed by atoms with Crippen molar-refractivity contribution in [2.75, 3.05) is 6.54 Å². The topological polar surface area (TPSA) is 66.4 Å². The Bertz CT molecular complexity index is 704. The fraction of sp³-hybridized carbons (Fsp3) is 0.250. The Morgan fingerprint density at radius 3 is 2.36 bits per heavy atom. The molecule has 0 aliphatic carbocycles. The summed E-state index contributed by atoms with van der Waals surface area (Å²) in [5.41, 5.74) is 0.856. The molecular weight excluding hydrogens is 305 g/mol. The first-order chi connectivity index (χ1) is 10.5. The molecule has 0 aliphatic rings. The Morgan fingerprint density at radius 1 is 1.05 bits per heavy atom. The molecule has 1 atom stereocenters. The highest BCUT2D eigenvalue weighted by Crippen LogP contribution is 2.15. The fourth-order valence-corrected chi connectivity index (χ4v) is 3.24. The van der Waals surface area contributed by atoms with Crippen molar-refractivity contribution in [3.63, 3.8) is 0 Å². The predicted molar refractivity (Wildman–Crippen MR) is 83.0 cm³/mol. The van der Waals surface area contributed by atoms with Crippen LogP contribution in [0, 0.1) is 5.82 Å². The summed E-state index contributed by atoms with van der Waals surface area (Å²) in [6.07, 6.45) is -0.488. The van der Waals surface area contributed by atoms with Gasteiger partial charge in [0.05, 0.1) is 11.9 Å². The molecule has 0 unspecified atom stereocenters. The van der Waals surface area contributed by atoms with Crippen LogP contribution in [0.15, 0.2) is 54.6 Å². The van der Waals surface area contributed by atoms with Gasteiger partial charge in [-0.05, 0) is 18.1 Å². The van der Waals surface area contributed by atoms with E-state index < -0.39 is 27.7 Å². The second-order valence-electron chi connectivity index (χ2n) is 4.96. The van der Waals surface area contributed by atoms with Crippen LogP contribution in [-0.2, 0) is 15.8 Å². The summed E-state index contributed by atoms with van der Waals surface area (Å²) in [4.78, 5) is 0. The van der Waals surface area contributed by atoms with Crippen molar-refractivity contribution in [1.82, 2.24) is 4.72 Å². The number of benzene rings is 2. The second kappa shape index (κ2) is 7.49. The van der Waals surface area contributed by atoms with Crippen molar-refractivity contribution < 1.29 is 17.9 Å². The lowest BCUT2D eigenvalue weighted by molar-refractivity contribution is 0.169. The molecule has 0 saturated carbocycles. The lowest BCUT2D eigenvalue weighted by Crippen LogP contribution is -2.27. The van der Waals surface area contributed by atoms with Gasteiger partial charge in [0.2, 0.25) is 10.0 Å². The van der Waals surface area contributed by atoms with Gasteiger partial charge < -0.3 is 5.11 Å². The quantitative estimate of drug-likeness (QED) is 0.822. The highest BCUT2D eigenvalue weighted by molar-refractivity contribution is 7.88. The largest absolute Gasteiger partial charge is 0.388 e. The zero-order chi connectivity index (χ0) is 16.0. The van der Waals surface area contributed by atoms with Gasteiger partial charge in [-0.15, -0.1) is 0 Å². The van der Waals surface area contributed by atoms with Crippen molar-refractivity contribution in [1.29, 1.82) is 0 Å². The Kier molecular flexibility index (Phi) is 5.65. The lowest BCUT2D eigenvalue weighted by atomic mass is 10.1. The van der Waals surface area contributed by atoms with Crippen LogP contribution in [0.3, 0.4) is 0 Å². The number of hydrogen-bond acceptors (Lipinski definition) is 3. The summed E-state index contributed by atoms with van der Waals surface area (Å²) in [5.74, 6) is -0.960. The van der Waals surface area contributed by atoms with Crippen LogP contribution in [0.2, 0.25) is 0 Å². The number of halogens is 1. The molecule has 0 spiro atoms. The monoisotopic (exact) mass is 323 g/mol. The normalized spacial score (nSPS) is 13.0. The molecular formula is C16H18FNO3S. The lowest BCUT2D eigenvalue weighted by Gasteiger charge is -2.12. The summed E-state index contributed by atoms with van der Waals surface area (Å²) in [6, 6.07) is 14.8. The minimum Gasteiger partial charge on any atom is -0.388 e. The Balaban J connectivity index is 1.87. The Morgan fingerprint density at radius 2 is 1.68 bits per heavy atom. The van der Waals surface area contributed by atoms with E-state index in [0.29, 0.717) is 0 Å². The zero-order valence-electron chi connectivity index (χ0n) is 11.9. The van der Waals surface area contributed by atoms with Gasteiger partial charge in [-0.3, -0.25) is 0 Å². The zero-order valence-corrected chi connectivity index (χ0v) is 12.8. The van der Waals surface area contributed by atoms with E-state index in [0.717, 1.165) is 5.56 Å². The van der Waals surface area contributed by atoms with Crippen LogP contribution in [0.5, 0.6) is 0 Å². The first kappa shape index (κ1) is 16.6. The summed E-state index contributed by atoms with van der Waals surface area (Å²) >= 11 is 0. The maximum atomic E-state index is 13.5. The van der Waals surface area contributed by atoms with Gasteiger partial charge in [0.1, 0.15) is 5.82 Å².